The summed E-state index contributed by atoms with van der Waals surface area (Å²) in [4.78, 5) is 7.41. The summed E-state index contributed by atoms with van der Waals surface area (Å²) in [6, 6.07) is 3.74. The average Bonchev–Trinajstić information content (AvgIpc) is 2.44. The molecule has 1 atom stereocenters. The molecule has 11 heteroatoms. The molecule has 0 bridgehead atoms. The average molecular weight is 380 g/mol. The molecule has 0 aliphatic heterocycles. The van der Waals surface area contributed by atoms with Gasteiger partial charge in [-0.25, -0.2) is 9.97 Å². The predicted octanol–water partition coefficient (Wildman–Crippen LogP) is 2.32. The van der Waals surface area contributed by atoms with Gasteiger partial charge in [0.25, 0.3) is 0 Å². The number of aromatic nitrogens is 2. The number of nitrogens with zero attached hydrogens (tertiary/aromatic N) is 2. The van der Waals surface area contributed by atoms with Crippen molar-refractivity contribution in [3.8, 4) is 11.3 Å². The second kappa shape index (κ2) is 6.23. The lowest BCUT2D eigenvalue weighted by atomic mass is 9.99. The Morgan fingerprint density at radius 1 is 1.16 bits per heavy atom. The molecule has 0 saturated heterocycles. The Hall–Kier alpha value is -2.27. The van der Waals surface area contributed by atoms with Crippen LogP contribution in [0.15, 0.2) is 30.5 Å². The van der Waals surface area contributed by atoms with Gasteiger partial charge in [-0.15, -0.1) is 0 Å². The van der Waals surface area contributed by atoms with E-state index in [1.807, 2.05) is 0 Å². The molecule has 1 aromatic carbocycles. The molecule has 25 heavy (non-hydrogen) atoms. The molecule has 0 saturated carbocycles. The molecule has 1 aromatic heterocycles. The van der Waals surface area contributed by atoms with E-state index >= 15 is 0 Å². The van der Waals surface area contributed by atoms with Gasteiger partial charge in [0, 0.05) is 38.7 Å². The van der Waals surface area contributed by atoms with Gasteiger partial charge in [-0.05, 0) is 29.8 Å². The smallest absolute Gasteiger partial charge is 0.368 e. The molecule has 0 aliphatic rings. The van der Waals surface area contributed by atoms with Gasteiger partial charge < -0.3 is 5.73 Å². The molecule has 2 aromatic rings. The first-order valence-electron chi connectivity index (χ1n) is 6.60. The molecule has 0 fully saturated rings. The van der Waals surface area contributed by atoms with Crippen molar-refractivity contribution in [1.82, 2.24) is 9.97 Å². The summed E-state index contributed by atoms with van der Waals surface area (Å²) in [7, 11) is -3.04. The highest BCUT2D eigenvalue weighted by atomic mass is 32.2. The number of nitrogens with two attached hydrogens (primary N) is 2. The van der Waals surface area contributed by atoms with Crippen molar-refractivity contribution >= 4 is 21.0 Å². The number of alkyl halides is 5. The van der Waals surface area contributed by atoms with Crippen LogP contribution in [0.5, 0.6) is 0 Å². The van der Waals surface area contributed by atoms with Gasteiger partial charge in [-0.2, -0.15) is 22.0 Å². The Morgan fingerprint density at radius 2 is 1.80 bits per heavy atom. The summed E-state index contributed by atoms with van der Waals surface area (Å²) in [6.45, 7) is 0. The highest BCUT2D eigenvalue weighted by Crippen LogP contribution is 2.44. The van der Waals surface area contributed by atoms with Crippen LogP contribution >= 0.6 is 0 Å². The fourth-order valence-electron chi connectivity index (χ4n) is 2.02. The zero-order chi connectivity index (χ0) is 19.0. The third-order valence-corrected chi connectivity index (χ3v) is 3.75. The second-order valence-corrected chi connectivity index (χ2v) is 7.47. The molecule has 5 nitrogen and oxygen atoms in total. The number of benzene rings is 1. The van der Waals surface area contributed by atoms with Crippen molar-refractivity contribution in [1.29, 1.82) is 0 Å². The van der Waals surface area contributed by atoms with Gasteiger partial charge in [-0.3, -0.25) is 9.35 Å². The third kappa shape index (κ3) is 4.42. The maximum Gasteiger partial charge on any atom is 0.458 e. The van der Waals surface area contributed by atoms with Crippen LogP contribution in [0.3, 0.4) is 0 Å². The first-order chi connectivity index (χ1) is 11.3. The molecular formula is C14H13F5N4OS. The number of hydrogen-bond acceptors (Lipinski definition) is 4. The quantitative estimate of drug-likeness (QED) is 0.631. The lowest BCUT2D eigenvalue weighted by Crippen LogP contribution is -2.33. The monoisotopic (exact) mass is 380 g/mol. The van der Waals surface area contributed by atoms with Crippen LogP contribution in [0.25, 0.3) is 11.3 Å². The number of hydrogen-bond donors (Lipinski definition) is 2. The summed E-state index contributed by atoms with van der Waals surface area (Å²) in [5.74, 6) is -5.30. The van der Waals surface area contributed by atoms with Crippen molar-refractivity contribution in [3.63, 3.8) is 0 Å². The SMILES string of the molecule is CS(N)(=O)=Cc1cc(-c2ccnc(N)n2)cc(C(F)(F)C(F)(F)F)c1. The Labute approximate surface area is 140 Å². The molecule has 0 aliphatic carbocycles. The number of anilines is 1. The zero-order valence-corrected chi connectivity index (χ0v) is 13.5. The van der Waals surface area contributed by atoms with Gasteiger partial charge in [0.05, 0.1) is 5.69 Å². The van der Waals surface area contributed by atoms with Crippen LogP contribution in [0.1, 0.15) is 11.1 Å². The molecule has 0 spiro atoms. The van der Waals surface area contributed by atoms with Gasteiger partial charge in [0.2, 0.25) is 5.95 Å². The number of rotatable bonds is 3. The Kier molecular flexibility index (Phi) is 4.75. The standard InChI is InChI=1S/C14H13F5N4OS/c1-25(21,24)7-8-4-9(11-2-3-22-12(20)23-11)6-10(5-8)13(15,16)14(17,18)19/h2-7H,1H3,(H2,21,24)(H2,20,22,23). The molecular weight excluding hydrogens is 367 g/mol. The number of nitrogen functional groups attached to an aromatic ring is 1. The van der Waals surface area contributed by atoms with Crippen molar-refractivity contribution < 1.29 is 26.2 Å². The van der Waals surface area contributed by atoms with Crippen molar-refractivity contribution in [3.05, 3.63) is 41.6 Å². The minimum atomic E-state index is -5.80. The second-order valence-electron chi connectivity index (χ2n) is 5.30. The van der Waals surface area contributed by atoms with Crippen LogP contribution in [0.4, 0.5) is 27.9 Å². The third-order valence-electron chi connectivity index (χ3n) is 3.01. The molecule has 136 valence electrons. The summed E-state index contributed by atoms with van der Waals surface area (Å²) in [5, 5.41) is 6.26. The van der Waals surface area contributed by atoms with Crippen LogP contribution in [-0.4, -0.2) is 32.0 Å². The number of halogens is 5. The Balaban J connectivity index is 2.76. The van der Waals surface area contributed by atoms with Gasteiger partial charge in [0.1, 0.15) is 0 Å². The van der Waals surface area contributed by atoms with E-state index in [-0.39, 0.29) is 22.8 Å². The molecule has 4 N–H and O–H groups in total. The van der Waals surface area contributed by atoms with Gasteiger partial charge >= 0.3 is 12.1 Å². The van der Waals surface area contributed by atoms with Crippen molar-refractivity contribution in [2.75, 3.05) is 12.0 Å². The lowest BCUT2D eigenvalue weighted by Gasteiger charge is -2.21. The van der Waals surface area contributed by atoms with E-state index < -0.39 is 27.4 Å². The largest absolute Gasteiger partial charge is 0.458 e. The normalized spacial score (nSPS) is 14.8. The highest BCUT2D eigenvalue weighted by Gasteiger charge is 2.58. The Morgan fingerprint density at radius 3 is 2.32 bits per heavy atom. The van der Waals surface area contributed by atoms with E-state index in [1.165, 1.54) is 18.3 Å². The maximum absolute atomic E-state index is 13.8. The van der Waals surface area contributed by atoms with Gasteiger partial charge in [-0.1, -0.05) is 0 Å². The van der Waals surface area contributed by atoms with E-state index in [1.54, 1.807) is 0 Å². The minimum absolute atomic E-state index is 0.0293. The fraction of sp³-hybridized carbons (Fsp3) is 0.214. The predicted molar refractivity (Wildman–Crippen MR) is 85.2 cm³/mol. The molecule has 0 amide bonds. The Bertz CT molecular complexity index is 912. The van der Waals surface area contributed by atoms with Crippen LogP contribution in [-0.2, 0) is 15.6 Å². The molecule has 1 unspecified atom stereocenters. The van der Waals surface area contributed by atoms with Crippen molar-refractivity contribution in [2.45, 2.75) is 12.1 Å². The van der Waals surface area contributed by atoms with Crippen LogP contribution < -0.4 is 10.9 Å². The molecule has 0 radical (unpaired) electrons. The first kappa shape index (κ1) is 19.1. The molecule has 2 rings (SSSR count). The summed E-state index contributed by atoms with van der Waals surface area (Å²) in [6.07, 6.45) is -3.46. The van der Waals surface area contributed by atoms with Gasteiger partial charge in [0.15, 0.2) is 0 Å². The topological polar surface area (TPSA) is 94.9 Å². The van der Waals surface area contributed by atoms with E-state index in [2.05, 4.69) is 9.97 Å². The van der Waals surface area contributed by atoms with Crippen molar-refractivity contribution in [2.24, 2.45) is 5.14 Å². The van der Waals surface area contributed by atoms with Crippen LogP contribution in [0, 0.1) is 0 Å². The van der Waals surface area contributed by atoms with E-state index in [4.69, 9.17) is 10.9 Å². The summed E-state index contributed by atoms with van der Waals surface area (Å²) >= 11 is 0. The maximum atomic E-state index is 13.8. The fourth-order valence-corrected chi connectivity index (χ4v) is 2.69. The first-order valence-corrected chi connectivity index (χ1v) is 8.69. The minimum Gasteiger partial charge on any atom is -0.368 e. The van der Waals surface area contributed by atoms with Crippen LogP contribution in [0.2, 0.25) is 0 Å². The summed E-state index contributed by atoms with van der Waals surface area (Å²) in [5.41, 5.74) is 3.86. The summed E-state index contributed by atoms with van der Waals surface area (Å²) < 4.78 is 77.3. The van der Waals surface area contributed by atoms with E-state index in [9.17, 15) is 26.2 Å². The van der Waals surface area contributed by atoms with E-state index in [0.717, 1.165) is 11.6 Å². The molecule has 1 heterocycles. The van der Waals surface area contributed by atoms with E-state index in [0.29, 0.717) is 12.1 Å². The lowest BCUT2D eigenvalue weighted by molar-refractivity contribution is -0.289. The highest BCUT2D eigenvalue weighted by molar-refractivity contribution is 7.98. The zero-order valence-electron chi connectivity index (χ0n) is 12.7.